The van der Waals surface area contributed by atoms with Crippen LogP contribution in [0.4, 0.5) is 0 Å². The van der Waals surface area contributed by atoms with Crippen molar-refractivity contribution in [3.8, 4) is 0 Å². The molecule has 0 radical (unpaired) electrons. The fourth-order valence-corrected chi connectivity index (χ4v) is 0.962. The Balaban J connectivity index is 2.73. The van der Waals surface area contributed by atoms with Crippen molar-refractivity contribution in [3.63, 3.8) is 0 Å². The Bertz CT molecular complexity index is 294. The molecule has 12 heavy (non-hydrogen) atoms. The number of nitrogens with zero attached hydrogens (tertiary/aromatic N) is 1. The zero-order chi connectivity index (χ0) is 8.97. The molecule has 0 aromatic carbocycles. The molecule has 0 amide bonds. The molecule has 0 unspecified atom stereocenters. The quantitative estimate of drug-likeness (QED) is 0.540. The Morgan fingerprint density at radius 3 is 2.92 bits per heavy atom. The average Bonchev–Trinajstić information content (AvgIpc) is 2.05. The minimum absolute atomic E-state index is 0.334. The van der Waals surface area contributed by atoms with Gasteiger partial charge in [-0.3, -0.25) is 4.98 Å². The summed E-state index contributed by atoms with van der Waals surface area (Å²) in [5, 5.41) is 7.55. The van der Waals surface area contributed by atoms with Gasteiger partial charge in [-0.15, -0.1) is 0 Å². The standard InChI is InChI=1S/C8H9N3S/c9-7(4-8(10)12)6-2-1-3-11-5-6/h1-3,5,9H,4H2,(H2,10,12). The van der Waals surface area contributed by atoms with Crippen LogP contribution in [0, 0.1) is 5.41 Å². The number of nitrogens with one attached hydrogen (secondary N) is 1. The molecule has 1 rings (SSSR count). The lowest BCUT2D eigenvalue weighted by molar-refractivity contribution is 1.29. The van der Waals surface area contributed by atoms with Gasteiger partial charge in [0.15, 0.2) is 0 Å². The van der Waals surface area contributed by atoms with Gasteiger partial charge in [-0.2, -0.15) is 0 Å². The minimum atomic E-state index is 0.334. The summed E-state index contributed by atoms with van der Waals surface area (Å²) in [5.41, 5.74) is 6.48. The fourth-order valence-electron chi connectivity index (χ4n) is 0.818. The third kappa shape index (κ3) is 2.39. The van der Waals surface area contributed by atoms with Gasteiger partial charge < -0.3 is 11.1 Å². The highest BCUT2D eigenvalue weighted by Gasteiger charge is 2.01. The van der Waals surface area contributed by atoms with Gasteiger partial charge in [0, 0.05) is 30.1 Å². The second-order valence-electron chi connectivity index (χ2n) is 2.36. The van der Waals surface area contributed by atoms with E-state index >= 15 is 0 Å². The second kappa shape index (κ2) is 3.92. The lowest BCUT2D eigenvalue weighted by Gasteiger charge is -2.00. The average molecular weight is 179 g/mol. The van der Waals surface area contributed by atoms with Crippen molar-refractivity contribution in [2.75, 3.05) is 0 Å². The first-order chi connectivity index (χ1) is 5.70. The van der Waals surface area contributed by atoms with E-state index in [1.165, 1.54) is 0 Å². The Morgan fingerprint density at radius 2 is 2.42 bits per heavy atom. The summed E-state index contributed by atoms with van der Waals surface area (Å²) in [5.74, 6) is 0. The van der Waals surface area contributed by atoms with Gasteiger partial charge in [0.2, 0.25) is 0 Å². The molecule has 1 heterocycles. The monoisotopic (exact) mass is 179 g/mol. The summed E-state index contributed by atoms with van der Waals surface area (Å²) in [6.45, 7) is 0. The molecule has 0 saturated heterocycles. The first kappa shape index (κ1) is 8.80. The number of hydrogen-bond acceptors (Lipinski definition) is 3. The summed E-state index contributed by atoms with van der Waals surface area (Å²) in [6, 6.07) is 3.59. The van der Waals surface area contributed by atoms with Gasteiger partial charge in [-0.25, -0.2) is 0 Å². The van der Waals surface area contributed by atoms with Crippen LogP contribution in [0.1, 0.15) is 12.0 Å². The van der Waals surface area contributed by atoms with Crippen molar-refractivity contribution < 1.29 is 0 Å². The maximum Gasteiger partial charge on any atom is 0.0787 e. The van der Waals surface area contributed by atoms with Gasteiger partial charge in [0.25, 0.3) is 0 Å². The molecule has 3 nitrogen and oxygen atoms in total. The zero-order valence-electron chi connectivity index (χ0n) is 6.45. The van der Waals surface area contributed by atoms with Gasteiger partial charge in [-0.05, 0) is 6.07 Å². The van der Waals surface area contributed by atoms with E-state index in [1.54, 1.807) is 18.5 Å². The molecule has 0 atom stereocenters. The molecule has 0 aliphatic heterocycles. The molecule has 0 aliphatic rings. The van der Waals surface area contributed by atoms with E-state index in [1.807, 2.05) is 6.07 Å². The summed E-state index contributed by atoms with van der Waals surface area (Å²) in [7, 11) is 0. The summed E-state index contributed by atoms with van der Waals surface area (Å²) in [4.78, 5) is 4.23. The van der Waals surface area contributed by atoms with E-state index in [9.17, 15) is 0 Å². The molecule has 0 saturated carbocycles. The van der Waals surface area contributed by atoms with Crippen LogP contribution in [0.15, 0.2) is 24.5 Å². The zero-order valence-corrected chi connectivity index (χ0v) is 7.27. The van der Waals surface area contributed by atoms with E-state index in [0.29, 0.717) is 17.1 Å². The van der Waals surface area contributed by atoms with Gasteiger partial charge >= 0.3 is 0 Å². The smallest absolute Gasteiger partial charge is 0.0787 e. The molecule has 62 valence electrons. The number of pyridine rings is 1. The SMILES string of the molecule is N=C(CC(N)=S)c1cccnc1. The van der Waals surface area contributed by atoms with Crippen LogP contribution < -0.4 is 5.73 Å². The third-order valence-corrected chi connectivity index (χ3v) is 1.51. The number of rotatable bonds is 3. The highest BCUT2D eigenvalue weighted by Crippen LogP contribution is 2.00. The predicted molar refractivity (Wildman–Crippen MR) is 52.5 cm³/mol. The van der Waals surface area contributed by atoms with Crippen molar-refractivity contribution >= 4 is 22.9 Å². The van der Waals surface area contributed by atoms with Crippen molar-refractivity contribution in [3.05, 3.63) is 30.1 Å². The van der Waals surface area contributed by atoms with Crippen LogP contribution in [0.3, 0.4) is 0 Å². The lowest BCUT2D eigenvalue weighted by Crippen LogP contribution is -2.14. The van der Waals surface area contributed by atoms with E-state index < -0.39 is 0 Å². The maximum atomic E-state index is 7.55. The normalized spacial score (nSPS) is 9.33. The molecule has 1 aromatic rings. The summed E-state index contributed by atoms with van der Waals surface area (Å²) >= 11 is 4.69. The van der Waals surface area contributed by atoms with E-state index in [0.717, 1.165) is 5.56 Å². The molecular formula is C8H9N3S. The van der Waals surface area contributed by atoms with Crippen molar-refractivity contribution in [2.45, 2.75) is 6.42 Å². The summed E-state index contributed by atoms with van der Waals surface area (Å²) in [6.07, 6.45) is 3.62. The van der Waals surface area contributed by atoms with E-state index in [4.69, 9.17) is 11.1 Å². The van der Waals surface area contributed by atoms with Crippen LogP contribution in [-0.4, -0.2) is 15.7 Å². The lowest BCUT2D eigenvalue weighted by atomic mass is 10.1. The van der Waals surface area contributed by atoms with Crippen LogP contribution in [0.25, 0.3) is 0 Å². The first-order valence-corrected chi connectivity index (χ1v) is 3.87. The number of hydrogen-bond donors (Lipinski definition) is 2. The molecule has 0 fully saturated rings. The largest absolute Gasteiger partial charge is 0.393 e. The number of thiocarbonyl (C=S) groups is 1. The molecular weight excluding hydrogens is 170 g/mol. The Labute approximate surface area is 76.1 Å². The highest BCUT2D eigenvalue weighted by atomic mass is 32.1. The van der Waals surface area contributed by atoms with Crippen LogP contribution in [-0.2, 0) is 0 Å². The Morgan fingerprint density at radius 1 is 1.67 bits per heavy atom. The third-order valence-electron chi connectivity index (χ3n) is 1.36. The van der Waals surface area contributed by atoms with Crippen LogP contribution >= 0.6 is 12.2 Å². The molecule has 0 bridgehead atoms. The molecule has 0 aliphatic carbocycles. The minimum Gasteiger partial charge on any atom is -0.393 e. The van der Waals surface area contributed by atoms with Crippen LogP contribution in [0.2, 0.25) is 0 Å². The Kier molecular flexibility index (Phi) is 2.88. The molecule has 0 spiro atoms. The van der Waals surface area contributed by atoms with Gasteiger partial charge in [0.1, 0.15) is 0 Å². The van der Waals surface area contributed by atoms with Gasteiger partial charge in [-0.1, -0.05) is 18.3 Å². The second-order valence-corrected chi connectivity index (χ2v) is 2.89. The molecule has 3 N–H and O–H groups in total. The number of aromatic nitrogens is 1. The van der Waals surface area contributed by atoms with E-state index in [-0.39, 0.29) is 0 Å². The first-order valence-electron chi connectivity index (χ1n) is 3.46. The summed E-state index contributed by atoms with van der Waals surface area (Å²) < 4.78 is 0. The molecule has 1 aromatic heterocycles. The van der Waals surface area contributed by atoms with Crippen LogP contribution in [0.5, 0.6) is 0 Å². The topological polar surface area (TPSA) is 62.8 Å². The molecule has 4 heteroatoms. The van der Waals surface area contributed by atoms with Crippen molar-refractivity contribution in [1.82, 2.24) is 4.98 Å². The predicted octanol–water partition coefficient (Wildman–Crippen LogP) is 1.13. The highest BCUT2D eigenvalue weighted by molar-refractivity contribution is 7.80. The number of nitrogens with two attached hydrogens (primary N) is 1. The fraction of sp³-hybridized carbons (Fsp3) is 0.125. The maximum absolute atomic E-state index is 7.55. The van der Waals surface area contributed by atoms with E-state index in [2.05, 4.69) is 17.2 Å². The Hall–Kier alpha value is -1.29. The van der Waals surface area contributed by atoms with Crippen molar-refractivity contribution in [1.29, 1.82) is 5.41 Å². The van der Waals surface area contributed by atoms with Crippen molar-refractivity contribution in [2.24, 2.45) is 5.73 Å². The van der Waals surface area contributed by atoms with Gasteiger partial charge in [0.05, 0.1) is 4.99 Å².